The Kier molecular flexibility index (Phi) is 10.8. The highest BCUT2D eigenvalue weighted by Crippen LogP contribution is 2.35. The Bertz CT molecular complexity index is 2150. The molecule has 0 spiro atoms. The molecule has 3 saturated heterocycles. The third-order valence-corrected chi connectivity index (χ3v) is 11.7. The van der Waals surface area contributed by atoms with E-state index in [1.54, 1.807) is 30.3 Å². The van der Waals surface area contributed by atoms with Gasteiger partial charge in [0.15, 0.2) is 11.5 Å². The van der Waals surface area contributed by atoms with Gasteiger partial charge in [0.1, 0.15) is 23.7 Å². The number of piperidine rings is 2. The Hall–Kier alpha value is -5.66. The summed E-state index contributed by atoms with van der Waals surface area (Å²) in [5, 5.41) is 23.2. The van der Waals surface area contributed by atoms with Crippen molar-refractivity contribution in [1.29, 1.82) is 5.26 Å². The molecule has 17 heteroatoms. The maximum atomic E-state index is 15.4. The van der Waals surface area contributed by atoms with Crippen LogP contribution in [-0.2, 0) is 14.3 Å². The summed E-state index contributed by atoms with van der Waals surface area (Å²) in [6, 6.07) is 11.9. The summed E-state index contributed by atoms with van der Waals surface area (Å²) in [5.41, 5.74) is 0.780. The lowest BCUT2D eigenvalue weighted by molar-refractivity contribution is -0.136. The average Bonchev–Trinajstić information content (AvgIpc) is 3.76. The van der Waals surface area contributed by atoms with Gasteiger partial charge in [-0.2, -0.15) is 5.26 Å². The smallest absolute Gasteiger partial charge is 0.272 e. The number of ether oxygens (including phenoxy) is 2. The minimum absolute atomic E-state index is 0.000463. The van der Waals surface area contributed by atoms with Crippen LogP contribution in [0, 0.1) is 17.1 Å². The summed E-state index contributed by atoms with van der Waals surface area (Å²) >= 11 is 6.13. The molecule has 8 rings (SSSR count). The van der Waals surface area contributed by atoms with Crippen LogP contribution >= 0.6 is 11.6 Å². The van der Waals surface area contributed by atoms with E-state index in [1.165, 1.54) is 6.07 Å². The van der Waals surface area contributed by atoms with Crippen molar-refractivity contribution in [1.82, 2.24) is 25.7 Å². The van der Waals surface area contributed by atoms with Crippen molar-refractivity contribution in [3.63, 3.8) is 0 Å². The number of carbonyl (C=O) groups excluding carboxylic acids is 5. The number of halogens is 2. The van der Waals surface area contributed by atoms with Crippen LogP contribution in [0.1, 0.15) is 94.6 Å². The van der Waals surface area contributed by atoms with Crippen molar-refractivity contribution in [2.45, 2.75) is 88.2 Å². The standard InChI is InChI=1S/C40H40ClFN8O7/c41-30-17-26(4-1-22(30)20-43)56-24-5-2-23(3-6-24)44-37(52)32-7-9-35(47-46-32)48-14-11-25(12-15-48)57-27-13-16-49(21-27)34-19-29-28(18-31(34)42)39(54)50(40(29)55)33-8-10-36(51)45-38(33)53/h1,4,7,9,17-19,23-25,27,33H,2-3,5-6,8,10-16,21H2,(H,44,52)(H,45,51,53)/t23?,24?,27-,33?/m0/s1. The first-order chi connectivity index (χ1) is 27.5. The Morgan fingerprint density at radius 1 is 0.860 bits per heavy atom. The van der Waals surface area contributed by atoms with Crippen LogP contribution in [0.2, 0.25) is 5.02 Å². The molecule has 1 saturated carbocycles. The van der Waals surface area contributed by atoms with E-state index in [-0.39, 0.29) is 65.6 Å². The largest absolute Gasteiger partial charge is 0.490 e. The maximum Gasteiger partial charge on any atom is 0.272 e. The lowest BCUT2D eigenvalue weighted by atomic mass is 9.93. The van der Waals surface area contributed by atoms with Gasteiger partial charge in [-0.15, -0.1) is 10.2 Å². The predicted molar refractivity (Wildman–Crippen MR) is 202 cm³/mol. The van der Waals surface area contributed by atoms with Gasteiger partial charge in [-0.3, -0.25) is 34.2 Å². The van der Waals surface area contributed by atoms with Gasteiger partial charge in [0.25, 0.3) is 17.7 Å². The normalized spacial score (nSPS) is 24.0. The first kappa shape index (κ1) is 38.2. The Morgan fingerprint density at radius 3 is 2.26 bits per heavy atom. The van der Waals surface area contributed by atoms with Gasteiger partial charge in [-0.1, -0.05) is 11.6 Å². The van der Waals surface area contributed by atoms with Crippen LogP contribution in [0.4, 0.5) is 15.9 Å². The van der Waals surface area contributed by atoms with Crippen LogP contribution in [0.5, 0.6) is 5.75 Å². The molecule has 2 atom stereocenters. The molecule has 5 heterocycles. The van der Waals surface area contributed by atoms with Gasteiger partial charge < -0.3 is 24.6 Å². The second kappa shape index (κ2) is 16.1. The van der Waals surface area contributed by atoms with Gasteiger partial charge in [0.2, 0.25) is 11.8 Å². The summed E-state index contributed by atoms with van der Waals surface area (Å²) in [4.78, 5) is 68.1. The van der Waals surface area contributed by atoms with Crippen molar-refractivity contribution in [2.24, 2.45) is 0 Å². The van der Waals surface area contributed by atoms with E-state index in [4.69, 9.17) is 26.3 Å². The number of aromatic nitrogens is 2. The zero-order chi connectivity index (χ0) is 39.8. The number of nitrogens with one attached hydrogen (secondary N) is 2. The van der Waals surface area contributed by atoms with Gasteiger partial charge in [0, 0.05) is 44.7 Å². The molecular formula is C40H40ClFN8O7. The number of carbonyl (C=O) groups is 5. The van der Waals surface area contributed by atoms with E-state index >= 15 is 4.39 Å². The molecule has 4 aliphatic heterocycles. The fraction of sp³-hybridized carbons (Fsp3) is 0.450. The molecule has 15 nitrogen and oxygen atoms in total. The molecule has 3 aromatic rings. The van der Waals surface area contributed by atoms with Crippen molar-refractivity contribution in [3.8, 4) is 11.8 Å². The van der Waals surface area contributed by atoms with Gasteiger partial charge in [-0.25, -0.2) is 4.39 Å². The number of nitriles is 1. The summed E-state index contributed by atoms with van der Waals surface area (Å²) in [6.07, 6.45) is 5.01. The van der Waals surface area contributed by atoms with E-state index in [0.717, 1.165) is 49.5 Å². The van der Waals surface area contributed by atoms with Crippen molar-refractivity contribution >= 4 is 52.6 Å². The molecular weight excluding hydrogens is 759 g/mol. The first-order valence-electron chi connectivity index (χ1n) is 19.3. The van der Waals surface area contributed by atoms with Crippen LogP contribution in [0.15, 0.2) is 42.5 Å². The highest BCUT2D eigenvalue weighted by molar-refractivity contribution is 6.31. The minimum atomic E-state index is -1.12. The van der Waals surface area contributed by atoms with E-state index < -0.39 is 35.5 Å². The quantitative estimate of drug-likeness (QED) is 0.298. The van der Waals surface area contributed by atoms with E-state index in [1.807, 2.05) is 11.0 Å². The van der Waals surface area contributed by atoms with Crippen LogP contribution in [-0.4, -0.2) is 101 Å². The fourth-order valence-corrected chi connectivity index (χ4v) is 8.54. The van der Waals surface area contributed by atoms with E-state index in [2.05, 4.69) is 25.7 Å². The zero-order valence-electron chi connectivity index (χ0n) is 30.9. The Labute approximate surface area is 332 Å². The number of hydrogen-bond donors (Lipinski definition) is 2. The van der Waals surface area contributed by atoms with E-state index in [9.17, 15) is 24.0 Å². The molecule has 5 amide bonds. The van der Waals surface area contributed by atoms with Gasteiger partial charge >= 0.3 is 0 Å². The van der Waals surface area contributed by atoms with Gasteiger partial charge in [0.05, 0.1) is 45.7 Å². The van der Waals surface area contributed by atoms with E-state index in [0.29, 0.717) is 54.8 Å². The molecule has 2 N–H and O–H groups in total. The number of benzene rings is 2. The third kappa shape index (κ3) is 7.99. The summed E-state index contributed by atoms with van der Waals surface area (Å²) in [6.45, 7) is 2.27. The molecule has 1 aliphatic carbocycles. The number of nitrogens with zero attached hydrogens (tertiary/aromatic N) is 6. The monoisotopic (exact) mass is 798 g/mol. The number of anilines is 2. The minimum Gasteiger partial charge on any atom is -0.490 e. The van der Waals surface area contributed by atoms with Crippen molar-refractivity contribution in [3.05, 3.63) is 75.7 Å². The molecule has 0 bridgehead atoms. The van der Waals surface area contributed by atoms with Crippen LogP contribution < -0.4 is 25.2 Å². The molecule has 57 heavy (non-hydrogen) atoms. The van der Waals surface area contributed by atoms with Crippen LogP contribution in [0.25, 0.3) is 0 Å². The summed E-state index contributed by atoms with van der Waals surface area (Å²) in [5.74, 6) is -2.23. The topological polar surface area (TPSA) is 187 Å². The van der Waals surface area contributed by atoms with Gasteiger partial charge in [-0.05, 0) is 87.8 Å². The number of imide groups is 2. The van der Waals surface area contributed by atoms with Crippen molar-refractivity contribution < 1.29 is 37.8 Å². The number of hydrogen-bond acceptors (Lipinski definition) is 12. The second-order valence-electron chi connectivity index (χ2n) is 15.1. The lowest BCUT2D eigenvalue weighted by Gasteiger charge is -2.33. The zero-order valence-corrected chi connectivity index (χ0v) is 31.7. The number of rotatable bonds is 9. The highest BCUT2D eigenvalue weighted by atomic mass is 35.5. The molecule has 5 aliphatic rings. The molecule has 4 fully saturated rings. The molecule has 1 aromatic heterocycles. The molecule has 296 valence electrons. The molecule has 2 aromatic carbocycles. The Morgan fingerprint density at radius 2 is 1.58 bits per heavy atom. The predicted octanol–water partition coefficient (Wildman–Crippen LogP) is 3.93. The van der Waals surface area contributed by atoms with Crippen molar-refractivity contribution in [2.75, 3.05) is 36.0 Å². The molecule has 0 radical (unpaired) electrons. The molecule has 1 unspecified atom stereocenters. The SMILES string of the molecule is N#Cc1ccc(OC2CCC(NC(=O)c3ccc(N4CCC(O[C@H]5CCN(c6cc7c(cc6F)C(=O)N(C6CCC(=O)NC6=O)C7=O)C5)CC4)nn3)CC2)cc1Cl. The summed E-state index contributed by atoms with van der Waals surface area (Å²) < 4.78 is 27.9. The maximum absolute atomic E-state index is 15.4. The number of amides is 5. The highest BCUT2D eigenvalue weighted by Gasteiger charge is 2.45. The first-order valence-corrected chi connectivity index (χ1v) is 19.6. The fourth-order valence-electron chi connectivity index (χ4n) is 8.32. The average molecular weight is 799 g/mol. The lowest BCUT2D eigenvalue weighted by Crippen LogP contribution is -2.54. The van der Waals surface area contributed by atoms with Crippen LogP contribution in [0.3, 0.4) is 0 Å². The summed E-state index contributed by atoms with van der Waals surface area (Å²) in [7, 11) is 0. The second-order valence-corrected chi connectivity index (χ2v) is 15.5. The third-order valence-electron chi connectivity index (χ3n) is 11.4. The Balaban J connectivity index is 0.781. The number of fused-ring (bicyclic) bond motifs is 1.